The van der Waals surface area contributed by atoms with E-state index < -0.39 is 5.97 Å². The van der Waals surface area contributed by atoms with Gasteiger partial charge in [-0.25, -0.2) is 9.80 Å². The Hall–Kier alpha value is -1.66. The lowest BCUT2D eigenvalue weighted by molar-refractivity contribution is 0.0495. The number of nitrogens with one attached hydrogen (secondary N) is 1. The molecule has 1 aromatic heterocycles. The van der Waals surface area contributed by atoms with Crippen molar-refractivity contribution in [1.29, 1.82) is 0 Å². The number of nitrogens with zero attached hydrogens (tertiary/aromatic N) is 2. The van der Waals surface area contributed by atoms with E-state index in [1.165, 1.54) is 6.20 Å². The molecule has 0 atom stereocenters. The van der Waals surface area contributed by atoms with Crippen LogP contribution in [0.1, 0.15) is 16.1 Å². The molecular weight excluding hydrogens is 222 g/mol. The average Bonchev–Trinajstić information content (AvgIpc) is 2.30. The summed E-state index contributed by atoms with van der Waals surface area (Å²) in [5.74, 6) is -0.978. The van der Waals surface area contributed by atoms with Crippen LogP contribution < -0.4 is 5.43 Å². The number of carboxylic acids is 1. The lowest BCUT2D eigenvalue weighted by Crippen LogP contribution is -2.40. The van der Waals surface area contributed by atoms with Crippen LogP contribution in [0.3, 0.4) is 0 Å². The fraction of sp³-hybridized carbons (Fsp3) is 0.455. The summed E-state index contributed by atoms with van der Waals surface area (Å²) < 4.78 is 5.23. The molecule has 0 amide bonds. The number of pyridine rings is 1. The fourth-order valence-electron chi connectivity index (χ4n) is 1.67. The number of aryl methyl sites for hydroxylation is 1. The second kappa shape index (κ2) is 5.11. The lowest BCUT2D eigenvalue weighted by atomic mass is 10.2. The Labute approximate surface area is 99.2 Å². The molecular formula is C11H15N3O3. The smallest absolute Gasteiger partial charge is 0.339 e. The molecule has 0 spiro atoms. The monoisotopic (exact) mass is 237 g/mol. The third kappa shape index (κ3) is 2.92. The van der Waals surface area contributed by atoms with Gasteiger partial charge in [-0.2, -0.15) is 0 Å². The van der Waals surface area contributed by atoms with Gasteiger partial charge in [0.1, 0.15) is 5.56 Å². The van der Waals surface area contributed by atoms with Gasteiger partial charge in [-0.1, -0.05) is 0 Å². The Kier molecular flexibility index (Phi) is 3.55. The molecule has 0 saturated carbocycles. The van der Waals surface area contributed by atoms with Crippen molar-refractivity contribution in [1.82, 2.24) is 9.99 Å². The van der Waals surface area contributed by atoms with Crippen LogP contribution in [-0.4, -0.2) is 47.4 Å². The van der Waals surface area contributed by atoms with Gasteiger partial charge in [0.25, 0.3) is 0 Å². The summed E-state index contributed by atoms with van der Waals surface area (Å²) in [6, 6.07) is 1.74. The van der Waals surface area contributed by atoms with E-state index in [1.807, 2.05) is 11.9 Å². The number of aromatic nitrogens is 1. The van der Waals surface area contributed by atoms with Crippen LogP contribution in [0.4, 0.5) is 5.69 Å². The predicted octanol–water partition coefficient (Wildman–Crippen LogP) is 0.747. The highest BCUT2D eigenvalue weighted by molar-refractivity contribution is 5.93. The van der Waals surface area contributed by atoms with Gasteiger partial charge in [-0.15, -0.1) is 0 Å². The van der Waals surface area contributed by atoms with Crippen LogP contribution in [0.15, 0.2) is 12.3 Å². The number of rotatable bonds is 3. The first-order valence-electron chi connectivity index (χ1n) is 5.46. The first kappa shape index (κ1) is 11.8. The second-order valence-electron chi connectivity index (χ2n) is 3.89. The SMILES string of the molecule is Cc1cc(NN2CCOCC2)c(C(=O)O)cn1. The molecule has 0 bridgehead atoms. The normalized spacial score (nSPS) is 16.8. The molecule has 1 saturated heterocycles. The van der Waals surface area contributed by atoms with Gasteiger partial charge < -0.3 is 15.3 Å². The molecule has 0 aliphatic carbocycles. The Bertz CT molecular complexity index is 416. The molecule has 6 nitrogen and oxygen atoms in total. The topological polar surface area (TPSA) is 74.7 Å². The Morgan fingerprint density at radius 2 is 2.24 bits per heavy atom. The number of morpholine rings is 1. The maximum Gasteiger partial charge on any atom is 0.339 e. The Morgan fingerprint density at radius 3 is 2.88 bits per heavy atom. The summed E-state index contributed by atoms with van der Waals surface area (Å²) in [7, 11) is 0. The molecule has 92 valence electrons. The zero-order chi connectivity index (χ0) is 12.3. The number of anilines is 1. The van der Waals surface area contributed by atoms with Crippen molar-refractivity contribution in [3.05, 3.63) is 23.5 Å². The molecule has 0 aromatic carbocycles. The summed E-state index contributed by atoms with van der Waals surface area (Å²) in [5.41, 5.74) is 4.65. The van der Waals surface area contributed by atoms with Gasteiger partial charge in [0, 0.05) is 25.0 Å². The van der Waals surface area contributed by atoms with Crippen LogP contribution in [-0.2, 0) is 4.74 Å². The summed E-state index contributed by atoms with van der Waals surface area (Å²) in [5, 5.41) is 11.0. The van der Waals surface area contributed by atoms with Gasteiger partial charge in [-0.05, 0) is 13.0 Å². The van der Waals surface area contributed by atoms with Crippen LogP contribution in [0.5, 0.6) is 0 Å². The van der Waals surface area contributed by atoms with E-state index in [0.29, 0.717) is 18.9 Å². The molecule has 2 heterocycles. The highest BCUT2D eigenvalue weighted by Crippen LogP contribution is 2.17. The zero-order valence-corrected chi connectivity index (χ0v) is 9.64. The van der Waals surface area contributed by atoms with E-state index in [2.05, 4.69) is 10.4 Å². The minimum atomic E-state index is -0.978. The van der Waals surface area contributed by atoms with E-state index in [4.69, 9.17) is 9.84 Å². The fourth-order valence-corrected chi connectivity index (χ4v) is 1.67. The number of ether oxygens (including phenoxy) is 1. The first-order chi connectivity index (χ1) is 8.16. The zero-order valence-electron chi connectivity index (χ0n) is 9.64. The van der Waals surface area contributed by atoms with Gasteiger partial charge in [-0.3, -0.25) is 4.98 Å². The summed E-state index contributed by atoms with van der Waals surface area (Å²) in [6.45, 7) is 4.61. The first-order valence-corrected chi connectivity index (χ1v) is 5.46. The van der Waals surface area contributed by atoms with Crippen LogP contribution in [0, 0.1) is 6.92 Å². The molecule has 2 rings (SSSR count). The van der Waals surface area contributed by atoms with E-state index >= 15 is 0 Å². The van der Waals surface area contributed by atoms with Crippen molar-refractivity contribution in [3.63, 3.8) is 0 Å². The number of carboxylic acid groups (broad SMARTS) is 1. The van der Waals surface area contributed by atoms with Crippen molar-refractivity contribution in [2.75, 3.05) is 31.7 Å². The maximum absolute atomic E-state index is 11.1. The van der Waals surface area contributed by atoms with Crippen molar-refractivity contribution < 1.29 is 14.6 Å². The molecule has 1 fully saturated rings. The number of carbonyl (C=O) groups is 1. The maximum atomic E-state index is 11.1. The minimum absolute atomic E-state index is 0.182. The number of hydrogen-bond acceptors (Lipinski definition) is 5. The lowest BCUT2D eigenvalue weighted by Gasteiger charge is -2.28. The molecule has 17 heavy (non-hydrogen) atoms. The number of aromatic carboxylic acids is 1. The molecule has 6 heteroatoms. The summed E-state index contributed by atoms with van der Waals surface area (Å²) in [6.07, 6.45) is 1.38. The molecule has 1 aliphatic heterocycles. The van der Waals surface area contributed by atoms with Crippen molar-refractivity contribution >= 4 is 11.7 Å². The molecule has 2 N–H and O–H groups in total. The van der Waals surface area contributed by atoms with Gasteiger partial charge in [0.05, 0.1) is 18.9 Å². The van der Waals surface area contributed by atoms with E-state index in [1.54, 1.807) is 6.07 Å². The predicted molar refractivity (Wildman–Crippen MR) is 61.9 cm³/mol. The minimum Gasteiger partial charge on any atom is -0.478 e. The van der Waals surface area contributed by atoms with Crippen molar-refractivity contribution in [3.8, 4) is 0 Å². The largest absolute Gasteiger partial charge is 0.478 e. The van der Waals surface area contributed by atoms with Crippen molar-refractivity contribution in [2.24, 2.45) is 0 Å². The van der Waals surface area contributed by atoms with Gasteiger partial charge in [0.2, 0.25) is 0 Å². The summed E-state index contributed by atoms with van der Waals surface area (Å²) >= 11 is 0. The highest BCUT2D eigenvalue weighted by Gasteiger charge is 2.15. The standard InChI is InChI=1S/C11H15N3O3/c1-8-6-10(9(7-12-8)11(15)16)13-14-2-4-17-5-3-14/h6-7H,2-5H2,1H3,(H,12,13)(H,15,16). The van der Waals surface area contributed by atoms with Gasteiger partial charge >= 0.3 is 5.97 Å². The molecule has 1 aliphatic rings. The quantitative estimate of drug-likeness (QED) is 0.808. The third-order valence-corrected chi connectivity index (χ3v) is 2.56. The second-order valence-corrected chi connectivity index (χ2v) is 3.89. The molecule has 0 radical (unpaired) electrons. The van der Waals surface area contributed by atoms with E-state index in [9.17, 15) is 4.79 Å². The van der Waals surface area contributed by atoms with Crippen LogP contribution in [0.2, 0.25) is 0 Å². The van der Waals surface area contributed by atoms with Gasteiger partial charge in [0.15, 0.2) is 0 Å². The Morgan fingerprint density at radius 1 is 1.53 bits per heavy atom. The number of hydrogen-bond donors (Lipinski definition) is 2. The van der Waals surface area contributed by atoms with Crippen LogP contribution in [0.25, 0.3) is 0 Å². The summed E-state index contributed by atoms with van der Waals surface area (Å²) in [4.78, 5) is 15.0. The number of hydrazine groups is 1. The molecule has 1 aromatic rings. The Balaban J connectivity index is 2.17. The van der Waals surface area contributed by atoms with Crippen molar-refractivity contribution in [2.45, 2.75) is 6.92 Å². The third-order valence-electron chi connectivity index (χ3n) is 2.56. The molecule has 0 unspecified atom stereocenters. The highest BCUT2D eigenvalue weighted by atomic mass is 16.5. The van der Waals surface area contributed by atoms with E-state index in [-0.39, 0.29) is 5.56 Å². The van der Waals surface area contributed by atoms with E-state index in [0.717, 1.165) is 18.8 Å². The van der Waals surface area contributed by atoms with Crippen LogP contribution >= 0.6 is 0 Å². The average molecular weight is 237 g/mol.